The highest BCUT2D eigenvalue weighted by molar-refractivity contribution is 7.98. The second-order valence-electron chi connectivity index (χ2n) is 6.50. The number of nitrogens with one attached hydrogen (secondary N) is 1. The van der Waals surface area contributed by atoms with E-state index in [0.717, 1.165) is 34.8 Å². The Morgan fingerprint density at radius 2 is 2.00 bits per heavy atom. The molecule has 3 rings (SSSR count). The van der Waals surface area contributed by atoms with Crippen molar-refractivity contribution in [3.05, 3.63) is 59.5 Å². The predicted molar refractivity (Wildman–Crippen MR) is 108 cm³/mol. The molecule has 1 aromatic carbocycles. The third kappa shape index (κ3) is 5.01. The number of aryl methyl sites for hydroxylation is 2. The van der Waals surface area contributed by atoms with E-state index < -0.39 is 0 Å². The molecule has 0 saturated heterocycles. The van der Waals surface area contributed by atoms with Gasteiger partial charge in [0, 0.05) is 6.20 Å². The third-order valence-electron chi connectivity index (χ3n) is 4.16. The van der Waals surface area contributed by atoms with Gasteiger partial charge in [0.2, 0.25) is 0 Å². The molecular formula is C20H24N4O2S. The maximum atomic E-state index is 12.5. The highest BCUT2D eigenvalue weighted by Gasteiger charge is 2.20. The topological polar surface area (TPSA) is 68.5 Å². The van der Waals surface area contributed by atoms with Crippen LogP contribution in [0.5, 0.6) is 5.75 Å². The molecule has 0 spiro atoms. The molecule has 0 aliphatic carbocycles. The van der Waals surface area contributed by atoms with Gasteiger partial charge >= 0.3 is 0 Å². The van der Waals surface area contributed by atoms with E-state index in [0.29, 0.717) is 5.75 Å². The molecule has 0 saturated carbocycles. The van der Waals surface area contributed by atoms with Crippen molar-refractivity contribution >= 4 is 23.3 Å². The highest BCUT2D eigenvalue weighted by atomic mass is 32.2. The van der Waals surface area contributed by atoms with Crippen LogP contribution in [0, 0.1) is 13.8 Å². The Labute approximate surface area is 163 Å². The van der Waals surface area contributed by atoms with Crippen LogP contribution in [0.2, 0.25) is 0 Å². The van der Waals surface area contributed by atoms with Gasteiger partial charge in [-0.15, -0.1) is 10.2 Å². The molecule has 0 radical (unpaired) electrons. The quantitative estimate of drug-likeness (QED) is 0.645. The van der Waals surface area contributed by atoms with E-state index in [1.165, 1.54) is 0 Å². The van der Waals surface area contributed by atoms with Crippen LogP contribution in [0.25, 0.3) is 5.65 Å². The van der Waals surface area contributed by atoms with E-state index >= 15 is 0 Å². The maximum absolute atomic E-state index is 12.5. The third-order valence-corrected chi connectivity index (χ3v) is 4.81. The second-order valence-corrected chi connectivity index (χ2v) is 7.49. The summed E-state index contributed by atoms with van der Waals surface area (Å²) in [6.45, 7) is 3.99. The lowest BCUT2D eigenvalue weighted by atomic mass is 10.1. The molecule has 27 heavy (non-hydrogen) atoms. The Morgan fingerprint density at radius 3 is 2.74 bits per heavy atom. The van der Waals surface area contributed by atoms with Gasteiger partial charge in [0.05, 0.1) is 6.04 Å². The average Bonchev–Trinajstić information content (AvgIpc) is 3.07. The number of thioether (sulfide) groups is 1. The molecule has 2 heterocycles. The molecule has 1 amide bonds. The van der Waals surface area contributed by atoms with Crippen LogP contribution < -0.4 is 10.1 Å². The Kier molecular flexibility index (Phi) is 6.34. The number of nitrogens with zero attached hydrogens (tertiary/aromatic N) is 3. The Morgan fingerprint density at radius 1 is 1.22 bits per heavy atom. The maximum Gasteiger partial charge on any atom is 0.258 e. The van der Waals surface area contributed by atoms with Crippen LogP contribution in [-0.4, -0.2) is 39.1 Å². The number of benzene rings is 1. The van der Waals surface area contributed by atoms with Crippen LogP contribution in [0.4, 0.5) is 0 Å². The van der Waals surface area contributed by atoms with Gasteiger partial charge in [-0.1, -0.05) is 12.1 Å². The van der Waals surface area contributed by atoms with E-state index in [-0.39, 0.29) is 18.6 Å². The number of amides is 1. The van der Waals surface area contributed by atoms with Crippen LogP contribution in [0.15, 0.2) is 42.6 Å². The number of carbonyl (C=O) groups excluding carboxylic acids is 1. The smallest absolute Gasteiger partial charge is 0.258 e. The lowest BCUT2D eigenvalue weighted by Crippen LogP contribution is -2.34. The molecule has 6 nitrogen and oxygen atoms in total. The fraction of sp³-hybridized carbons (Fsp3) is 0.350. The first kappa shape index (κ1) is 19.2. The molecule has 1 atom stereocenters. The minimum absolute atomic E-state index is 0.0323. The lowest BCUT2D eigenvalue weighted by molar-refractivity contribution is -0.123. The summed E-state index contributed by atoms with van der Waals surface area (Å²) >= 11 is 1.73. The van der Waals surface area contributed by atoms with Crippen molar-refractivity contribution < 1.29 is 9.53 Å². The van der Waals surface area contributed by atoms with Gasteiger partial charge in [0.1, 0.15) is 5.75 Å². The summed E-state index contributed by atoms with van der Waals surface area (Å²) in [5, 5.41) is 11.5. The first-order chi connectivity index (χ1) is 13.1. The van der Waals surface area contributed by atoms with Gasteiger partial charge < -0.3 is 10.1 Å². The summed E-state index contributed by atoms with van der Waals surface area (Å²) in [4.78, 5) is 12.5. The van der Waals surface area contributed by atoms with E-state index in [9.17, 15) is 4.79 Å². The number of fused-ring (bicyclic) bond motifs is 1. The number of aromatic nitrogens is 3. The zero-order valence-corrected chi connectivity index (χ0v) is 16.6. The van der Waals surface area contributed by atoms with Crippen LogP contribution in [0.3, 0.4) is 0 Å². The van der Waals surface area contributed by atoms with Gasteiger partial charge in [0.15, 0.2) is 18.1 Å². The fourth-order valence-electron chi connectivity index (χ4n) is 3.00. The molecule has 2 aromatic heterocycles. The van der Waals surface area contributed by atoms with Gasteiger partial charge in [-0.05, 0) is 67.7 Å². The number of pyridine rings is 1. The van der Waals surface area contributed by atoms with Crippen molar-refractivity contribution in [2.24, 2.45) is 0 Å². The molecule has 3 aromatic rings. The molecule has 0 aliphatic heterocycles. The zero-order chi connectivity index (χ0) is 19.2. The van der Waals surface area contributed by atoms with Crippen LogP contribution in [-0.2, 0) is 4.79 Å². The summed E-state index contributed by atoms with van der Waals surface area (Å²) in [5.41, 5.74) is 2.98. The summed E-state index contributed by atoms with van der Waals surface area (Å²) in [6, 6.07) is 11.5. The van der Waals surface area contributed by atoms with Crippen molar-refractivity contribution in [3.63, 3.8) is 0 Å². The van der Waals surface area contributed by atoms with Crippen molar-refractivity contribution in [2.45, 2.75) is 26.3 Å². The first-order valence-electron chi connectivity index (χ1n) is 8.86. The molecule has 142 valence electrons. The van der Waals surface area contributed by atoms with Crippen LogP contribution in [0.1, 0.15) is 29.4 Å². The van der Waals surface area contributed by atoms with Crippen molar-refractivity contribution in [1.29, 1.82) is 0 Å². The first-order valence-corrected chi connectivity index (χ1v) is 10.3. The number of hydrogen-bond acceptors (Lipinski definition) is 5. The van der Waals surface area contributed by atoms with Crippen LogP contribution >= 0.6 is 11.8 Å². The zero-order valence-electron chi connectivity index (χ0n) is 15.8. The number of hydrogen-bond donors (Lipinski definition) is 1. The number of carbonyl (C=O) groups is 1. The summed E-state index contributed by atoms with van der Waals surface area (Å²) in [5.74, 6) is 2.17. The summed E-state index contributed by atoms with van der Waals surface area (Å²) in [6.07, 6.45) is 4.73. The van der Waals surface area contributed by atoms with Gasteiger partial charge in [-0.3, -0.25) is 9.20 Å². The normalized spacial score (nSPS) is 12.1. The minimum Gasteiger partial charge on any atom is -0.484 e. The number of rotatable bonds is 8. The summed E-state index contributed by atoms with van der Waals surface area (Å²) in [7, 11) is 0. The van der Waals surface area contributed by atoms with E-state index in [4.69, 9.17) is 4.74 Å². The van der Waals surface area contributed by atoms with Gasteiger partial charge in [-0.25, -0.2) is 0 Å². The average molecular weight is 385 g/mol. The summed E-state index contributed by atoms with van der Waals surface area (Å²) < 4.78 is 7.59. The standard InChI is InChI=1S/C20H24N4O2S/c1-14-10-15(2)12-16(11-14)26-13-19(25)21-17(7-9-27-3)20-23-22-18-6-4-5-8-24(18)20/h4-6,8,10-12,17H,7,9,13H2,1-3H3,(H,21,25)/t17-/m0/s1. The fourth-order valence-corrected chi connectivity index (χ4v) is 3.47. The molecule has 1 N–H and O–H groups in total. The van der Waals surface area contributed by atoms with Crippen molar-refractivity contribution in [1.82, 2.24) is 19.9 Å². The molecule has 0 unspecified atom stereocenters. The Balaban J connectivity index is 1.69. The molecule has 0 fully saturated rings. The molecule has 0 aliphatic rings. The van der Waals surface area contributed by atoms with Gasteiger partial charge in [-0.2, -0.15) is 11.8 Å². The largest absolute Gasteiger partial charge is 0.484 e. The Hall–Kier alpha value is -2.54. The minimum atomic E-state index is -0.217. The van der Waals surface area contributed by atoms with E-state index in [2.05, 4.69) is 21.6 Å². The van der Waals surface area contributed by atoms with Crippen molar-refractivity contribution in [3.8, 4) is 5.75 Å². The second kappa shape index (κ2) is 8.90. The van der Waals surface area contributed by atoms with E-state index in [1.54, 1.807) is 11.8 Å². The van der Waals surface area contributed by atoms with Gasteiger partial charge in [0.25, 0.3) is 5.91 Å². The monoisotopic (exact) mass is 384 g/mol. The number of ether oxygens (including phenoxy) is 1. The SMILES string of the molecule is CSCC[C@H](NC(=O)COc1cc(C)cc(C)c1)c1nnc2ccccn12. The highest BCUT2D eigenvalue weighted by Crippen LogP contribution is 2.19. The molecular weight excluding hydrogens is 360 g/mol. The van der Waals surface area contributed by atoms with E-state index in [1.807, 2.05) is 61.0 Å². The lowest BCUT2D eigenvalue weighted by Gasteiger charge is -2.17. The molecule has 7 heteroatoms. The predicted octanol–water partition coefficient (Wildman–Crippen LogP) is 3.34. The molecule has 0 bridgehead atoms. The Bertz CT molecular complexity index is 905. The van der Waals surface area contributed by atoms with Crippen molar-refractivity contribution in [2.75, 3.05) is 18.6 Å².